The lowest BCUT2D eigenvalue weighted by Gasteiger charge is -2.80. The van der Waals surface area contributed by atoms with Gasteiger partial charge in [-0.2, -0.15) is 0 Å². The molecule has 2 nitrogen and oxygen atoms in total. The number of halogens is 10. The molecule has 0 aromatic carbocycles. The number of hydrogen-bond acceptors (Lipinski definition) is 2. The van der Waals surface area contributed by atoms with Crippen molar-refractivity contribution in [2.45, 2.75) is 50.3 Å². The largest absolute Gasteiger partial charge is 0.397 e. The van der Waals surface area contributed by atoms with Crippen molar-refractivity contribution < 1.29 is 9.90 Å². The fraction of sp³-hybridized carbons (Fsp3) is 0.917. The van der Waals surface area contributed by atoms with Crippen LogP contribution in [0.5, 0.6) is 0 Å². The van der Waals surface area contributed by atoms with Crippen LogP contribution >= 0.6 is 116 Å². The number of hydrogen-bond donors (Lipinski definition) is 1. The summed E-state index contributed by atoms with van der Waals surface area (Å²) in [7, 11) is 0. The monoisotopic (exact) mass is 532 g/mol. The van der Waals surface area contributed by atoms with Gasteiger partial charge < -0.3 is 5.11 Å². The van der Waals surface area contributed by atoms with E-state index in [1.165, 1.54) is 0 Å². The highest BCUT2D eigenvalue weighted by molar-refractivity contribution is 6.83. The van der Waals surface area contributed by atoms with E-state index in [9.17, 15) is 4.79 Å². The Labute approximate surface area is 187 Å². The number of alkyl halides is 10. The molecule has 0 heterocycles. The van der Waals surface area contributed by atoms with Crippen molar-refractivity contribution in [2.24, 2.45) is 0 Å². The second kappa shape index (κ2) is 4.19. The number of carbonyl (C=O) groups excluding carboxylic acids is 1. The van der Waals surface area contributed by atoms with Gasteiger partial charge in [0.1, 0.15) is 29.2 Å². The molecule has 4 bridgehead atoms. The highest BCUT2D eigenvalue weighted by Gasteiger charge is 3.30. The lowest BCUT2D eigenvalue weighted by molar-refractivity contribution is -0.122. The molecule has 6 aliphatic carbocycles. The van der Waals surface area contributed by atoms with Crippen molar-refractivity contribution in [3.63, 3.8) is 0 Å². The molecular formula is C12H6Cl10O2. The number of carbonyl (C=O) groups is 1. The van der Waals surface area contributed by atoms with Gasteiger partial charge in [-0.25, -0.2) is 0 Å². The fourth-order valence-corrected chi connectivity index (χ4v) is 14.0. The Morgan fingerprint density at radius 1 is 0.667 bits per heavy atom. The number of aliphatic hydroxyl groups is 1. The van der Waals surface area contributed by atoms with E-state index in [2.05, 4.69) is 0 Å². The Morgan fingerprint density at radius 3 is 1.08 bits per heavy atom. The van der Waals surface area contributed by atoms with Crippen LogP contribution in [0.1, 0.15) is 6.92 Å². The highest BCUT2D eigenvalue weighted by atomic mass is 35.5. The predicted octanol–water partition coefficient (Wildman–Crippen LogP) is 4.62. The maximum Gasteiger partial charge on any atom is 0.182 e. The number of aliphatic hydroxyl groups excluding tert-OH is 1. The van der Waals surface area contributed by atoms with Crippen LogP contribution in [0.4, 0.5) is 0 Å². The predicted molar refractivity (Wildman–Crippen MR) is 101 cm³/mol. The molecule has 6 rings (SSSR count). The summed E-state index contributed by atoms with van der Waals surface area (Å²) < 4.78 is -1.94. The Bertz CT molecular complexity index is 651. The average Bonchev–Trinajstić information content (AvgIpc) is 2.73. The maximum atomic E-state index is 12.8. The van der Waals surface area contributed by atoms with Gasteiger partial charge in [0.05, 0.1) is 0 Å². The molecule has 6 fully saturated rings. The van der Waals surface area contributed by atoms with Crippen LogP contribution in [0.2, 0.25) is 0 Å². The van der Waals surface area contributed by atoms with Crippen molar-refractivity contribution in [2.75, 3.05) is 6.61 Å². The molecule has 1 N–H and O–H groups in total. The maximum absolute atomic E-state index is 12.8. The topological polar surface area (TPSA) is 37.3 Å². The molecule has 0 aromatic rings. The number of rotatable bonds is 0. The van der Waals surface area contributed by atoms with Gasteiger partial charge in [0.2, 0.25) is 0 Å². The molecule has 0 amide bonds. The first-order valence-electron chi connectivity index (χ1n) is 6.62. The molecular weight excluding hydrogens is 531 g/mol. The summed E-state index contributed by atoms with van der Waals surface area (Å²) in [6, 6.07) is 0. The van der Waals surface area contributed by atoms with E-state index in [1.54, 1.807) is 6.92 Å². The minimum Gasteiger partial charge on any atom is -0.397 e. The minimum absolute atomic E-state index is 0.250. The zero-order valence-corrected chi connectivity index (χ0v) is 18.9. The first kappa shape index (κ1) is 19.8. The van der Waals surface area contributed by atoms with Crippen molar-refractivity contribution in [3.05, 3.63) is 0 Å². The Hall–Kier alpha value is 2.53. The van der Waals surface area contributed by atoms with Gasteiger partial charge in [-0.1, -0.05) is 23.2 Å². The third-order valence-corrected chi connectivity index (χ3v) is 15.3. The second-order valence-corrected chi connectivity index (χ2v) is 12.4. The zero-order chi connectivity index (χ0) is 18.8. The number of ketones is 1. The Kier molecular flexibility index (Phi) is 3.46. The molecule has 12 heteroatoms. The van der Waals surface area contributed by atoms with Gasteiger partial charge >= 0.3 is 0 Å². The van der Waals surface area contributed by atoms with Crippen molar-refractivity contribution in [1.82, 2.24) is 0 Å². The van der Waals surface area contributed by atoms with Gasteiger partial charge in [-0.05, 0) is 6.92 Å². The lowest BCUT2D eigenvalue weighted by atomic mass is 9.41. The van der Waals surface area contributed by atoms with E-state index in [0.717, 1.165) is 0 Å². The SMILES string of the molecule is CCO.O=C1C2(Cl)C3(Cl)C4(Cl)C(Cl)(Cl)C5(Cl)C3(Cl)C1(Cl)C5(Cl)C24Cl. The smallest absolute Gasteiger partial charge is 0.182 e. The zero-order valence-electron chi connectivity index (χ0n) is 11.3. The quantitative estimate of drug-likeness (QED) is 0.459. The van der Waals surface area contributed by atoms with Gasteiger partial charge in [0.15, 0.2) is 19.9 Å². The summed E-state index contributed by atoms with van der Waals surface area (Å²) >= 11 is 65.7. The van der Waals surface area contributed by atoms with E-state index < -0.39 is 49.1 Å². The summed E-state index contributed by atoms with van der Waals surface area (Å²) in [6.07, 6.45) is 0. The minimum atomic E-state index is -1.94. The first-order valence-corrected chi connectivity index (χ1v) is 10.4. The second-order valence-electron chi connectivity index (χ2n) is 6.49. The van der Waals surface area contributed by atoms with Crippen LogP contribution < -0.4 is 0 Å². The molecule has 4 atom stereocenters. The summed E-state index contributed by atoms with van der Waals surface area (Å²) in [4.78, 5) is -2.01. The van der Waals surface area contributed by atoms with E-state index in [4.69, 9.17) is 121 Å². The summed E-state index contributed by atoms with van der Waals surface area (Å²) in [6.45, 7) is 1.93. The van der Waals surface area contributed by atoms with E-state index in [0.29, 0.717) is 0 Å². The summed E-state index contributed by atoms with van der Waals surface area (Å²) in [5.41, 5.74) is 0. The number of Topliss-reactive ketones (excluding diaryl/α,β-unsaturated/α-hetero) is 1. The van der Waals surface area contributed by atoms with Gasteiger partial charge in [-0.3, -0.25) is 4.79 Å². The van der Waals surface area contributed by atoms with Crippen LogP contribution in [0.25, 0.3) is 0 Å². The third kappa shape index (κ3) is 0.905. The van der Waals surface area contributed by atoms with E-state index in [-0.39, 0.29) is 6.61 Å². The van der Waals surface area contributed by atoms with Gasteiger partial charge in [0.25, 0.3) is 0 Å². The molecule has 6 saturated carbocycles. The Balaban J connectivity index is 0.000000455. The highest BCUT2D eigenvalue weighted by Crippen LogP contribution is 3.09. The molecule has 0 aromatic heterocycles. The van der Waals surface area contributed by atoms with Crippen molar-refractivity contribution in [1.29, 1.82) is 0 Å². The molecule has 0 radical (unpaired) electrons. The molecule has 0 spiro atoms. The normalized spacial score (nSPS) is 71.6. The van der Waals surface area contributed by atoms with Crippen LogP contribution in [0, 0.1) is 0 Å². The van der Waals surface area contributed by atoms with Crippen molar-refractivity contribution >= 4 is 122 Å². The van der Waals surface area contributed by atoms with Gasteiger partial charge in [0, 0.05) is 6.61 Å². The van der Waals surface area contributed by atoms with Crippen LogP contribution in [-0.4, -0.2) is 60.8 Å². The third-order valence-electron chi connectivity index (χ3n) is 6.24. The lowest BCUT2D eigenvalue weighted by Crippen LogP contribution is -3.03. The van der Waals surface area contributed by atoms with E-state index >= 15 is 0 Å². The molecule has 4 unspecified atom stereocenters. The summed E-state index contributed by atoms with van der Waals surface area (Å²) in [5, 5.41) is 7.57. The molecule has 0 saturated heterocycles. The average molecular weight is 537 g/mol. The van der Waals surface area contributed by atoms with E-state index in [1.807, 2.05) is 0 Å². The van der Waals surface area contributed by atoms with Crippen LogP contribution in [-0.2, 0) is 4.79 Å². The standard InChI is InChI=1S/C10Cl10O.C2H6O/c11-2-1(21)3(12)6(15)4(2,13)8(17)5(2,14)7(3,16)9(6,18)10(8,19)20;1-2-3/h;3H,2H2,1H3. The van der Waals surface area contributed by atoms with Crippen LogP contribution in [0.3, 0.4) is 0 Å². The molecule has 24 heavy (non-hydrogen) atoms. The summed E-state index contributed by atoms with van der Waals surface area (Å²) in [5.74, 6) is -0.690. The van der Waals surface area contributed by atoms with Gasteiger partial charge in [-0.15, -0.1) is 92.8 Å². The molecule has 6 aliphatic rings. The van der Waals surface area contributed by atoms with Crippen molar-refractivity contribution in [3.8, 4) is 0 Å². The fourth-order valence-electron chi connectivity index (χ4n) is 5.64. The first-order chi connectivity index (χ1) is 10.6. The molecule has 0 aliphatic heterocycles. The van der Waals surface area contributed by atoms with Crippen LogP contribution in [0.15, 0.2) is 0 Å². The Morgan fingerprint density at radius 2 is 0.875 bits per heavy atom. The molecule has 136 valence electrons.